The Morgan fingerprint density at radius 2 is 1.69 bits per heavy atom. The molecule has 4 nitrogen and oxygen atoms in total. The number of nitrogens with zero attached hydrogens (tertiary/aromatic N) is 1. The number of aryl methyl sites for hydroxylation is 1. The zero-order valence-corrected chi connectivity index (χ0v) is 18.6. The van der Waals surface area contributed by atoms with Gasteiger partial charge in [0.1, 0.15) is 6.04 Å². The summed E-state index contributed by atoms with van der Waals surface area (Å²) in [4.78, 5) is 27.4. The van der Waals surface area contributed by atoms with Crippen molar-refractivity contribution in [1.82, 2.24) is 10.2 Å². The van der Waals surface area contributed by atoms with E-state index in [1.807, 2.05) is 50.2 Å². The van der Waals surface area contributed by atoms with E-state index in [1.54, 1.807) is 24.0 Å². The van der Waals surface area contributed by atoms with Crippen molar-refractivity contribution < 1.29 is 9.59 Å². The van der Waals surface area contributed by atoms with E-state index in [0.29, 0.717) is 29.4 Å². The van der Waals surface area contributed by atoms with Crippen LogP contribution in [0.4, 0.5) is 0 Å². The van der Waals surface area contributed by atoms with Crippen molar-refractivity contribution in [1.29, 1.82) is 0 Å². The monoisotopic (exact) mass is 434 g/mol. The van der Waals surface area contributed by atoms with Gasteiger partial charge in [0.05, 0.1) is 10.0 Å². The first kappa shape index (κ1) is 23.2. The summed E-state index contributed by atoms with van der Waals surface area (Å²) in [6.45, 7) is 6.01. The van der Waals surface area contributed by atoms with E-state index in [0.717, 1.165) is 17.5 Å². The molecule has 2 aromatic carbocycles. The summed E-state index contributed by atoms with van der Waals surface area (Å²) in [6, 6.07) is 14.6. The van der Waals surface area contributed by atoms with Gasteiger partial charge in [0.15, 0.2) is 0 Å². The molecule has 1 N–H and O–H groups in total. The van der Waals surface area contributed by atoms with Crippen LogP contribution in [0.2, 0.25) is 10.0 Å². The molecule has 0 aliphatic carbocycles. The fourth-order valence-corrected chi connectivity index (χ4v) is 3.24. The predicted molar refractivity (Wildman–Crippen MR) is 119 cm³/mol. The van der Waals surface area contributed by atoms with Gasteiger partial charge in [-0.15, -0.1) is 0 Å². The summed E-state index contributed by atoms with van der Waals surface area (Å²) in [6.07, 6.45) is 1.77. The lowest BCUT2D eigenvalue weighted by molar-refractivity contribution is -0.140. The van der Waals surface area contributed by atoms with Gasteiger partial charge in [-0.05, 0) is 49.9 Å². The third-order valence-corrected chi connectivity index (χ3v) is 5.71. The normalized spacial score (nSPS) is 12.9. The van der Waals surface area contributed by atoms with Crippen LogP contribution >= 0.6 is 23.2 Å². The highest BCUT2D eigenvalue weighted by Crippen LogP contribution is 2.24. The molecule has 0 aliphatic heterocycles. The molecule has 2 aromatic rings. The number of hydrogen-bond acceptors (Lipinski definition) is 2. The zero-order chi connectivity index (χ0) is 21.4. The number of carbonyl (C=O) groups is 2. The van der Waals surface area contributed by atoms with Crippen molar-refractivity contribution in [3.05, 3.63) is 69.7 Å². The van der Waals surface area contributed by atoms with Gasteiger partial charge >= 0.3 is 0 Å². The van der Waals surface area contributed by atoms with Crippen LogP contribution in [0.1, 0.15) is 44.7 Å². The van der Waals surface area contributed by atoms with Crippen molar-refractivity contribution in [2.24, 2.45) is 0 Å². The summed E-state index contributed by atoms with van der Waals surface area (Å²) in [7, 11) is 0. The van der Waals surface area contributed by atoms with Crippen LogP contribution in [0.25, 0.3) is 0 Å². The van der Waals surface area contributed by atoms with Gasteiger partial charge in [0, 0.05) is 19.0 Å². The van der Waals surface area contributed by atoms with Crippen molar-refractivity contribution >= 4 is 35.0 Å². The number of rotatable bonds is 9. The quantitative estimate of drug-likeness (QED) is 0.584. The molecule has 0 fully saturated rings. The zero-order valence-electron chi connectivity index (χ0n) is 17.1. The van der Waals surface area contributed by atoms with E-state index in [4.69, 9.17) is 23.2 Å². The second-order valence-corrected chi connectivity index (χ2v) is 8.06. The van der Waals surface area contributed by atoms with Gasteiger partial charge in [-0.2, -0.15) is 0 Å². The Labute approximate surface area is 183 Å². The van der Waals surface area contributed by atoms with Crippen LogP contribution in [0.3, 0.4) is 0 Å². The average Bonchev–Trinajstić information content (AvgIpc) is 2.72. The van der Waals surface area contributed by atoms with Gasteiger partial charge in [-0.25, -0.2) is 0 Å². The molecule has 2 rings (SSSR count). The molecular weight excluding hydrogens is 407 g/mol. The molecule has 2 atom stereocenters. The van der Waals surface area contributed by atoms with Gasteiger partial charge in [0.2, 0.25) is 11.8 Å². The Hall–Kier alpha value is -2.04. The summed E-state index contributed by atoms with van der Waals surface area (Å²) in [5, 5.41) is 3.85. The molecule has 0 aliphatic rings. The minimum Gasteiger partial charge on any atom is -0.352 e. The van der Waals surface area contributed by atoms with Crippen LogP contribution in [-0.2, 0) is 22.6 Å². The van der Waals surface area contributed by atoms with E-state index in [-0.39, 0.29) is 17.9 Å². The number of halogens is 2. The topological polar surface area (TPSA) is 49.4 Å². The molecule has 0 bridgehead atoms. The molecule has 0 spiro atoms. The fourth-order valence-electron chi connectivity index (χ4n) is 2.92. The van der Waals surface area contributed by atoms with E-state index < -0.39 is 6.04 Å². The minimum atomic E-state index is -0.596. The molecule has 6 heteroatoms. The van der Waals surface area contributed by atoms with E-state index in [2.05, 4.69) is 5.32 Å². The molecule has 0 unspecified atom stereocenters. The van der Waals surface area contributed by atoms with Gasteiger partial charge in [0.25, 0.3) is 0 Å². The molecule has 29 heavy (non-hydrogen) atoms. The predicted octanol–water partition coefficient (Wildman–Crippen LogP) is 5.26. The smallest absolute Gasteiger partial charge is 0.242 e. The Kier molecular flexibility index (Phi) is 8.99. The lowest BCUT2D eigenvalue weighted by atomic mass is 10.1. The molecule has 0 heterocycles. The van der Waals surface area contributed by atoms with E-state index >= 15 is 0 Å². The maximum absolute atomic E-state index is 13.1. The van der Waals surface area contributed by atoms with Crippen LogP contribution in [0.15, 0.2) is 48.5 Å². The summed E-state index contributed by atoms with van der Waals surface area (Å²) < 4.78 is 0. The Bertz CT molecular complexity index is 827. The first-order chi connectivity index (χ1) is 13.8. The minimum absolute atomic E-state index is 0.0520. The van der Waals surface area contributed by atoms with Crippen molar-refractivity contribution in [2.75, 3.05) is 0 Å². The molecule has 0 aromatic heterocycles. The molecule has 2 amide bonds. The van der Waals surface area contributed by atoms with Gasteiger partial charge in [-0.1, -0.05) is 66.5 Å². The Morgan fingerprint density at radius 3 is 2.31 bits per heavy atom. The van der Waals surface area contributed by atoms with Crippen molar-refractivity contribution in [2.45, 2.75) is 58.7 Å². The summed E-state index contributed by atoms with van der Waals surface area (Å²) in [5.41, 5.74) is 1.92. The van der Waals surface area contributed by atoms with Gasteiger partial charge < -0.3 is 10.2 Å². The van der Waals surface area contributed by atoms with E-state index in [9.17, 15) is 9.59 Å². The first-order valence-electron chi connectivity index (χ1n) is 9.89. The van der Waals surface area contributed by atoms with Crippen molar-refractivity contribution in [3.8, 4) is 0 Å². The van der Waals surface area contributed by atoms with E-state index in [1.165, 1.54) is 0 Å². The number of nitrogens with one attached hydrogen (secondary N) is 1. The number of hydrogen-bond donors (Lipinski definition) is 1. The summed E-state index contributed by atoms with van der Waals surface area (Å²) in [5.74, 6) is -0.237. The highest BCUT2D eigenvalue weighted by molar-refractivity contribution is 6.42. The Balaban J connectivity index is 2.17. The highest BCUT2D eigenvalue weighted by atomic mass is 35.5. The molecule has 0 radical (unpaired) electrons. The molecule has 156 valence electrons. The van der Waals surface area contributed by atoms with Crippen LogP contribution in [0, 0.1) is 0 Å². The lowest BCUT2D eigenvalue weighted by Gasteiger charge is -2.30. The number of benzene rings is 2. The second-order valence-electron chi connectivity index (χ2n) is 7.25. The van der Waals surface area contributed by atoms with Crippen molar-refractivity contribution in [3.63, 3.8) is 0 Å². The van der Waals surface area contributed by atoms with Crippen LogP contribution in [0.5, 0.6) is 0 Å². The van der Waals surface area contributed by atoms with Crippen LogP contribution in [-0.4, -0.2) is 28.8 Å². The average molecular weight is 435 g/mol. The SMILES string of the molecule is CC[C@H](C)NC(=O)[C@H](C)N(Cc1ccc(Cl)c(Cl)c1)C(=O)CCc1ccccc1. The third kappa shape index (κ3) is 7.06. The Morgan fingerprint density at radius 1 is 1.00 bits per heavy atom. The maximum atomic E-state index is 13.1. The lowest BCUT2D eigenvalue weighted by Crippen LogP contribution is -2.49. The first-order valence-corrected chi connectivity index (χ1v) is 10.6. The number of carbonyl (C=O) groups excluding carboxylic acids is 2. The molecule has 0 saturated heterocycles. The fraction of sp³-hybridized carbons (Fsp3) is 0.391. The standard InChI is InChI=1S/C23H28Cl2N2O2/c1-4-16(2)26-23(29)17(3)27(15-19-10-12-20(24)21(25)14-19)22(28)13-11-18-8-6-5-7-9-18/h5-10,12,14,16-17H,4,11,13,15H2,1-3H3,(H,26,29)/t16-,17-/m0/s1. The highest BCUT2D eigenvalue weighted by Gasteiger charge is 2.26. The number of amides is 2. The molecular formula is C23H28Cl2N2O2. The largest absolute Gasteiger partial charge is 0.352 e. The third-order valence-electron chi connectivity index (χ3n) is 4.98. The van der Waals surface area contributed by atoms with Gasteiger partial charge in [-0.3, -0.25) is 9.59 Å². The molecule has 0 saturated carbocycles. The summed E-state index contributed by atoms with van der Waals surface area (Å²) >= 11 is 12.1. The van der Waals surface area contributed by atoms with Crippen LogP contribution < -0.4 is 5.32 Å². The second kappa shape index (κ2) is 11.2. The maximum Gasteiger partial charge on any atom is 0.242 e.